The van der Waals surface area contributed by atoms with Crippen LogP contribution in [0, 0.1) is 0 Å². The summed E-state index contributed by atoms with van der Waals surface area (Å²) in [5.41, 5.74) is 1.51. The average Bonchev–Trinajstić information content (AvgIpc) is 3.25. The number of pyridine rings is 1. The molecule has 2 aromatic heterocycles. The fraction of sp³-hybridized carbons (Fsp3) is 0.467. The second kappa shape index (κ2) is 5.61. The summed E-state index contributed by atoms with van der Waals surface area (Å²) in [6.45, 7) is 1.74. The topological polar surface area (TPSA) is 77.3 Å². The summed E-state index contributed by atoms with van der Waals surface area (Å²) in [4.78, 5) is 4.52. The van der Waals surface area contributed by atoms with Crippen LogP contribution in [-0.4, -0.2) is 42.9 Å². The van der Waals surface area contributed by atoms with Gasteiger partial charge in [-0.15, -0.1) is 0 Å². The van der Waals surface area contributed by atoms with Gasteiger partial charge in [-0.05, 0) is 31.4 Å². The van der Waals surface area contributed by atoms with Gasteiger partial charge in [0.25, 0.3) is 10.0 Å². The maximum atomic E-state index is 13.0. The van der Waals surface area contributed by atoms with E-state index in [1.807, 2.05) is 6.07 Å². The lowest BCUT2D eigenvalue weighted by Gasteiger charge is -2.29. The van der Waals surface area contributed by atoms with Crippen LogP contribution in [0.4, 0.5) is 5.69 Å². The maximum Gasteiger partial charge on any atom is 0.267 e. The van der Waals surface area contributed by atoms with E-state index >= 15 is 0 Å². The summed E-state index contributed by atoms with van der Waals surface area (Å²) in [5.74, 6) is 0. The Morgan fingerprint density at radius 2 is 2.26 bits per heavy atom. The smallest absolute Gasteiger partial charge is 0.267 e. The van der Waals surface area contributed by atoms with Crippen LogP contribution in [0.3, 0.4) is 0 Å². The van der Waals surface area contributed by atoms with Gasteiger partial charge in [0.15, 0.2) is 0 Å². The van der Waals surface area contributed by atoms with Crippen LogP contribution in [0.5, 0.6) is 0 Å². The summed E-state index contributed by atoms with van der Waals surface area (Å²) in [7, 11) is -3.61. The molecule has 4 rings (SSSR count). The molecule has 0 bridgehead atoms. The Kier molecular flexibility index (Phi) is 3.57. The molecule has 0 amide bonds. The second-order valence-electron chi connectivity index (χ2n) is 5.82. The van der Waals surface area contributed by atoms with E-state index in [-0.39, 0.29) is 10.9 Å². The number of aryl methyl sites for hydroxylation is 1. The predicted octanol–water partition coefficient (Wildman–Crippen LogP) is 1.38. The molecule has 0 aromatic carbocycles. The quantitative estimate of drug-likeness (QED) is 0.847. The van der Waals surface area contributed by atoms with Crippen LogP contribution < -0.4 is 4.31 Å². The molecular weight excluding hydrogens is 316 g/mol. The minimum absolute atomic E-state index is 0.120. The van der Waals surface area contributed by atoms with Crippen molar-refractivity contribution in [1.82, 2.24) is 14.8 Å². The van der Waals surface area contributed by atoms with Crippen molar-refractivity contribution >= 4 is 15.7 Å². The van der Waals surface area contributed by atoms with Crippen molar-refractivity contribution in [3.8, 4) is 0 Å². The third-order valence-corrected chi connectivity index (χ3v) is 6.12. The van der Waals surface area contributed by atoms with Gasteiger partial charge in [-0.1, -0.05) is 0 Å². The summed E-state index contributed by atoms with van der Waals surface area (Å²) >= 11 is 0. The number of sulfonamides is 1. The first-order valence-electron chi connectivity index (χ1n) is 7.75. The van der Waals surface area contributed by atoms with Gasteiger partial charge in [-0.3, -0.25) is 14.0 Å². The Morgan fingerprint density at radius 3 is 3.09 bits per heavy atom. The number of hydrogen-bond donors (Lipinski definition) is 0. The molecule has 1 unspecified atom stereocenters. The number of anilines is 1. The van der Waals surface area contributed by atoms with Crippen molar-refractivity contribution in [2.45, 2.75) is 30.2 Å². The van der Waals surface area contributed by atoms with Crippen molar-refractivity contribution in [3.63, 3.8) is 0 Å². The van der Waals surface area contributed by atoms with Crippen molar-refractivity contribution in [2.24, 2.45) is 0 Å². The van der Waals surface area contributed by atoms with E-state index in [9.17, 15) is 8.42 Å². The lowest BCUT2D eigenvalue weighted by atomic mass is 10.1. The van der Waals surface area contributed by atoms with Gasteiger partial charge in [0.2, 0.25) is 0 Å². The normalized spacial score (nSPS) is 21.4. The summed E-state index contributed by atoms with van der Waals surface area (Å²) in [5, 5.41) is 4.23. The van der Waals surface area contributed by atoms with Gasteiger partial charge in [-0.2, -0.15) is 5.10 Å². The van der Waals surface area contributed by atoms with E-state index < -0.39 is 10.0 Å². The number of nitrogens with zero attached hydrogens (tertiary/aromatic N) is 4. The van der Waals surface area contributed by atoms with Crippen LogP contribution >= 0.6 is 0 Å². The SMILES string of the molecule is O=S(=O)(c1cnn(C2CCOC2)c1)N1CCCc2ncccc21. The number of hydrogen-bond acceptors (Lipinski definition) is 5. The van der Waals surface area contributed by atoms with Crippen molar-refractivity contribution in [3.05, 3.63) is 36.4 Å². The highest BCUT2D eigenvalue weighted by atomic mass is 32.2. The maximum absolute atomic E-state index is 13.0. The van der Waals surface area contributed by atoms with E-state index in [0.29, 0.717) is 25.4 Å². The summed E-state index contributed by atoms with van der Waals surface area (Å²) < 4.78 is 34.5. The lowest BCUT2D eigenvalue weighted by molar-refractivity contribution is 0.184. The van der Waals surface area contributed by atoms with E-state index in [0.717, 1.165) is 25.0 Å². The third kappa shape index (κ3) is 2.51. The Hall–Kier alpha value is -1.93. The Bertz CT molecular complexity index is 812. The zero-order valence-corrected chi connectivity index (χ0v) is 13.4. The average molecular weight is 334 g/mol. The molecule has 23 heavy (non-hydrogen) atoms. The molecule has 0 saturated carbocycles. The molecule has 1 atom stereocenters. The first-order chi connectivity index (χ1) is 11.2. The molecule has 0 N–H and O–H groups in total. The molecule has 0 spiro atoms. The zero-order valence-electron chi connectivity index (χ0n) is 12.6. The van der Waals surface area contributed by atoms with E-state index in [2.05, 4.69) is 10.1 Å². The van der Waals surface area contributed by atoms with Gasteiger partial charge in [0, 0.05) is 25.5 Å². The summed E-state index contributed by atoms with van der Waals surface area (Å²) in [6, 6.07) is 3.70. The highest BCUT2D eigenvalue weighted by molar-refractivity contribution is 7.92. The molecule has 7 nitrogen and oxygen atoms in total. The largest absolute Gasteiger partial charge is 0.379 e. The molecule has 1 fully saturated rings. The number of fused-ring (bicyclic) bond motifs is 1. The zero-order chi connectivity index (χ0) is 15.9. The van der Waals surface area contributed by atoms with Crippen LogP contribution in [0.15, 0.2) is 35.6 Å². The molecule has 2 aliphatic rings. The van der Waals surface area contributed by atoms with E-state index in [4.69, 9.17) is 4.74 Å². The number of aromatic nitrogens is 3. The molecule has 122 valence electrons. The minimum Gasteiger partial charge on any atom is -0.379 e. The molecule has 8 heteroatoms. The van der Waals surface area contributed by atoms with E-state index in [1.54, 1.807) is 23.1 Å². The van der Waals surface area contributed by atoms with Crippen LogP contribution in [0.1, 0.15) is 24.6 Å². The first-order valence-corrected chi connectivity index (χ1v) is 9.19. The van der Waals surface area contributed by atoms with Crippen LogP contribution in [-0.2, 0) is 21.2 Å². The Balaban J connectivity index is 1.68. The molecule has 0 aliphatic carbocycles. The first kappa shape index (κ1) is 14.6. The van der Waals surface area contributed by atoms with Gasteiger partial charge < -0.3 is 4.74 Å². The van der Waals surface area contributed by atoms with Crippen molar-refractivity contribution < 1.29 is 13.2 Å². The highest BCUT2D eigenvalue weighted by Gasteiger charge is 2.31. The molecule has 2 aliphatic heterocycles. The van der Waals surface area contributed by atoms with Gasteiger partial charge >= 0.3 is 0 Å². The van der Waals surface area contributed by atoms with Crippen molar-refractivity contribution in [2.75, 3.05) is 24.1 Å². The predicted molar refractivity (Wildman–Crippen MR) is 83.8 cm³/mol. The molecule has 0 radical (unpaired) electrons. The summed E-state index contributed by atoms with van der Waals surface area (Å²) in [6.07, 6.45) is 7.18. The second-order valence-corrected chi connectivity index (χ2v) is 7.69. The fourth-order valence-corrected chi connectivity index (χ4v) is 4.59. The lowest BCUT2D eigenvalue weighted by Crippen LogP contribution is -2.35. The Labute approximate surface area is 134 Å². The standard InChI is InChI=1S/C15H18N4O3S/c20-23(21,13-9-17-18(10-13)12-5-8-22-11-12)19-7-2-3-14-15(19)4-1-6-16-14/h1,4,6,9-10,12H,2-3,5,7-8,11H2. The Morgan fingerprint density at radius 1 is 1.35 bits per heavy atom. The minimum atomic E-state index is -3.61. The van der Waals surface area contributed by atoms with Gasteiger partial charge in [0.05, 0.1) is 30.2 Å². The van der Waals surface area contributed by atoms with Crippen LogP contribution in [0.25, 0.3) is 0 Å². The fourth-order valence-electron chi connectivity index (χ4n) is 3.12. The monoisotopic (exact) mass is 334 g/mol. The van der Waals surface area contributed by atoms with E-state index in [1.165, 1.54) is 10.5 Å². The highest BCUT2D eigenvalue weighted by Crippen LogP contribution is 2.31. The number of rotatable bonds is 3. The molecular formula is C15H18N4O3S. The van der Waals surface area contributed by atoms with Gasteiger partial charge in [-0.25, -0.2) is 8.42 Å². The van der Waals surface area contributed by atoms with Crippen molar-refractivity contribution in [1.29, 1.82) is 0 Å². The third-order valence-electron chi connectivity index (χ3n) is 4.36. The molecule has 2 aromatic rings. The van der Waals surface area contributed by atoms with Gasteiger partial charge in [0.1, 0.15) is 4.90 Å². The van der Waals surface area contributed by atoms with Crippen LogP contribution in [0.2, 0.25) is 0 Å². The molecule has 4 heterocycles. The molecule has 1 saturated heterocycles. The number of ether oxygens (including phenoxy) is 1.